The molecule has 1 heterocycles. The average Bonchev–Trinajstić information content (AvgIpc) is 2.80. The standard InChI is InChI=1S/C25H17ClF6N2O2/c1-14-7-12-18-20(21(14)26)22(35)34(19(33-18)13-15-5-3-2-4-6-15)17-10-8-16(9-11-17)23(36,24(27,28)29)25(30,31)32/h2-12,36H,13H2,1H3. The van der Waals surface area contributed by atoms with Crippen molar-refractivity contribution in [3.05, 3.63) is 105 Å². The lowest BCUT2D eigenvalue weighted by Gasteiger charge is -2.32. The Morgan fingerprint density at radius 3 is 2.03 bits per heavy atom. The van der Waals surface area contributed by atoms with Crippen molar-refractivity contribution in [1.82, 2.24) is 9.55 Å². The highest BCUT2D eigenvalue weighted by molar-refractivity contribution is 6.36. The Morgan fingerprint density at radius 1 is 0.889 bits per heavy atom. The third-order valence-electron chi connectivity index (χ3n) is 5.81. The van der Waals surface area contributed by atoms with Gasteiger partial charge >= 0.3 is 12.4 Å². The zero-order valence-corrected chi connectivity index (χ0v) is 19.2. The largest absolute Gasteiger partial charge is 0.430 e. The SMILES string of the molecule is Cc1ccc2nc(Cc3ccccc3)n(-c3ccc(C(O)(C(F)(F)F)C(F)(F)F)cc3)c(=O)c2c1Cl. The van der Waals surface area contributed by atoms with Crippen LogP contribution in [0.3, 0.4) is 0 Å². The van der Waals surface area contributed by atoms with Gasteiger partial charge in [-0.05, 0) is 36.2 Å². The van der Waals surface area contributed by atoms with E-state index < -0.39 is 29.1 Å². The Morgan fingerprint density at radius 2 is 1.47 bits per heavy atom. The highest BCUT2D eigenvalue weighted by Gasteiger charge is 2.71. The van der Waals surface area contributed by atoms with E-state index in [-0.39, 0.29) is 33.9 Å². The minimum atomic E-state index is -6.03. The molecular weight excluding hydrogens is 510 g/mol. The first-order valence-corrected chi connectivity index (χ1v) is 10.8. The van der Waals surface area contributed by atoms with Crippen molar-refractivity contribution in [2.45, 2.75) is 31.3 Å². The average molecular weight is 527 g/mol. The van der Waals surface area contributed by atoms with Crippen LogP contribution >= 0.6 is 11.6 Å². The predicted molar refractivity (Wildman–Crippen MR) is 122 cm³/mol. The summed E-state index contributed by atoms with van der Waals surface area (Å²) in [5, 5.41) is 9.87. The molecule has 0 bridgehead atoms. The number of nitrogens with zero attached hydrogens (tertiary/aromatic N) is 2. The molecule has 4 nitrogen and oxygen atoms in total. The lowest BCUT2D eigenvalue weighted by Crippen LogP contribution is -2.53. The highest BCUT2D eigenvalue weighted by atomic mass is 35.5. The van der Waals surface area contributed by atoms with Gasteiger partial charge in [0, 0.05) is 12.0 Å². The molecule has 0 atom stereocenters. The first kappa shape index (κ1) is 25.7. The van der Waals surface area contributed by atoms with E-state index in [9.17, 15) is 36.2 Å². The van der Waals surface area contributed by atoms with E-state index in [4.69, 9.17) is 11.6 Å². The molecule has 188 valence electrons. The van der Waals surface area contributed by atoms with Gasteiger partial charge in [0.1, 0.15) is 5.82 Å². The fourth-order valence-corrected chi connectivity index (χ4v) is 4.13. The highest BCUT2D eigenvalue weighted by Crippen LogP contribution is 2.50. The van der Waals surface area contributed by atoms with Crippen molar-refractivity contribution in [3.63, 3.8) is 0 Å². The summed E-state index contributed by atoms with van der Waals surface area (Å²) in [5.41, 5.74) is -5.58. The number of halogens is 7. The molecule has 0 aliphatic carbocycles. The summed E-state index contributed by atoms with van der Waals surface area (Å²) in [6, 6.07) is 14.9. The van der Waals surface area contributed by atoms with Gasteiger partial charge in [-0.15, -0.1) is 0 Å². The Bertz CT molecular complexity index is 1470. The second-order valence-corrected chi connectivity index (χ2v) is 8.55. The van der Waals surface area contributed by atoms with Gasteiger partial charge in [0.2, 0.25) is 0 Å². The van der Waals surface area contributed by atoms with Crippen LogP contribution in [0, 0.1) is 6.92 Å². The summed E-state index contributed by atoms with van der Waals surface area (Å²) >= 11 is 6.35. The maximum absolute atomic E-state index is 13.5. The van der Waals surface area contributed by atoms with Crippen LogP contribution in [0.1, 0.15) is 22.5 Å². The molecule has 1 aromatic heterocycles. The maximum atomic E-state index is 13.5. The quantitative estimate of drug-likeness (QED) is 0.320. The molecule has 1 N–H and O–H groups in total. The zero-order chi connectivity index (χ0) is 26.5. The van der Waals surface area contributed by atoms with Crippen molar-refractivity contribution < 1.29 is 31.4 Å². The third kappa shape index (κ3) is 4.24. The van der Waals surface area contributed by atoms with Gasteiger partial charge in [-0.25, -0.2) is 4.98 Å². The Hall–Kier alpha value is -3.37. The van der Waals surface area contributed by atoms with E-state index in [1.807, 2.05) is 0 Å². The van der Waals surface area contributed by atoms with E-state index in [0.717, 1.165) is 22.3 Å². The van der Waals surface area contributed by atoms with Crippen molar-refractivity contribution in [1.29, 1.82) is 0 Å². The fraction of sp³-hybridized carbons (Fsp3) is 0.200. The molecule has 3 aromatic carbocycles. The van der Waals surface area contributed by atoms with Crippen LogP contribution in [0.15, 0.2) is 71.5 Å². The maximum Gasteiger partial charge on any atom is 0.430 e. The molecule has 0 radical (unpaired) electrons. The molecule has 4 rings (SSSR count). The van der Waals surface area contributed by atoms with Gasteiger partial charge in [-0.2, -0.15) is 26.3 Å². The number of fused-ring (bicyclic) bond motifs is 1. The number of alkyl halides is 6. The molecule has 0 spiro atoms. The molecule has 0 unspecified atom stereocenters. The Kier molecular flexibility index (Phi) is 6.38. The molecule has 0 fully saturated rings. The first-order valence-electron chi connectivity index (χ1n) is 10.5. The van der Waals surface area contributed by atoms with Crippen molar-refractivity contribution in [2.24, 2.45) is 0 Å². The van der Waals surface area contributed by atoms with E-state index in [1.54, 1.807) is 49.4 Å². The summed E-state index contributed by atoms with van der Waals surface area (Å²) in [4.78, 5) is 18.1. The topological polar surface area (TPSA) is 55.1 Å². The number of aromatic nitrogens is 2. The van der Waals surface area contributed by atoms with Crippen LogP contribution < -0.4 is 5.56 Å². The normalized spacial score (nSPS) is 12.8. The smallest absolute Gasteiger partial charge is 0.369 e. The lowest BCUT2D eigenvalue weighted by molar-refractivity contribution is -0.376. The van der Waals surface area contributed by atoms with Gasteiger partial charge < -0.3 is 5.11 Å². The lowest BCUT2D eigenvalue weighted by atomic mass is 9.92. The predicted octanol–water partition coefficient (Wildman–Crippen LogP) is 6.25. The van der Waals surface area contributed by atoms with Crippen LogP contribution in [0.5, 0.6) is 0 Å². The number of benzene rings is 3. The third-order valence-corrected chi connectivity index (χ3v) is 6.29. The van der Waals surface area contributed by atoms with E-state index >= 15 is 0 Å². The second-order valence-electron chi connectivity index (χ2n) is 8.17. The number of hydrogen-bond donors (Lipinski definition) is 1. The zero-order valence-electron chi connectivity index (χ0n) is 18.5. The summed E-state index contributed by atoms with van der Waals surface area (Å²) < 4.78 is 80.8. The van der Waals surface area contributed by atoms with Crippen molar-refractivity contribution >= 4 is 22.5 Å². The van der Waals surface area contributed by atoms with Gasteiger partial charge in [-0.3, -0.25) is 9.36 Å². The molecule has 0 aliphatic heterocycles. The summed E-state index contributed by atoms with van der Waals surface area (Å²) in [6.07, 6.45) is -11.9. The molecule has 0 saturated heterocycles. The van der Waals surface area contributed by atoms with Crippen molar-refractivity contribution in [2.75, 3.05) is 0 Å². The number of rotatable bonds is 4. The number of aliphatic hydroxyl groups is 1. The molecule has 36 heavy (non-hydrogen) atoms. The number of hydrogen-bond acceptors (Lipinski definition) is 3. The molecule has 4 aromatic rings. The Labute approximate surface area is 205 Å². The van der Waals surface area contributed by atoms with Gasteiger partial charge in [-0.1, -0.05) is 60.1 Å². The summed E-state index contributed by atoms with van der Waals surface area (Å²) in [6.45, 7) is 1.67. The van der Waals surface area contributed by atoms with Crippen LogP contribution in [-0.4, -0.2) is 27.0 Å². The minimum absolute atomic E-state index is 0.0478. The molecule has 0 aliphatic rings. The number of aryl methyl sites for hydroxylation is 1. The first-order chi connectivity index (χ1) is 16.8. The summed E-state index contributed by atoms with van der Waals surface area (Å²) in [5.74, 6) is 0.188. The van der Waals surface area contributed by atoms with Gasteiger partial charge in [0.25, 0.3) is 11.2 Å². The van der Waals surface area contributed by atoms with E-state index in [2.05, 4.69) is 4.98 Å². The van der Waals surface area contributed by atoms with Crippen LogP contribution in [0.2, 0.25) is 5.02 Å². The summed E-state index contributed by atoms with van der Waals surface area (Å²) in [7, 11) is 0. The second kappa shape index (κ2) is 8.94. The monoisotopic (exact) mass is 526 g/mol. The molecular formula is C25H17ClF6N2O2. The fourth-order valence-electron chi connectivity index (χ4n) is 3.89. The molecule has 0 saturated carbocycles. The van der Waals surface area contributed by atoms with Crippen LogP contribution in [0.4, 0.5) is 26.3 Å². The van der Waals surface area contributed by atoms with Gasteiger partial charge in [0.05, 0.1) is 21.6 Å². The van der Waals surface area contributed by atoms with Crippen molar-refractivity contribution in [3.8, 4) is 5.69 Å². The van der Waals surface area contributed by atoms with E-state index in [1.165, 1.54) is 0 Å². The molecule has 11 heteroatoms. The Balaban J connectivity index is 1.95. The van der Waals surface area contributed by atoms with E-state index in [0.29, 0.717) is 17.7 Å². The van der Waals surface area contributed by atoms with Crippen LogP contribution in [0.25, 0.3) is 16.6 Å². The van der Waals surface area contributed by atoms with Gasteiger partial charge in [0.15, 0.2) is 0 Å². The molecule has 0 amide bonds. The minimum Gasteiger partial charge on any atom is -0.369 e. The van der Waals surface area contributed by atoms with Crippen LogP contribution in [-0.2, 0) is 12.0 Å².